The van der Waals surface area contributed by atoms with Gasteiger partial charge in [-0.05, 0) is 19.1 Å². The van der Waals surface area contributed by atoms with Gasteiger partial charge >= 0.3 is 0 Å². The molecule has 1 aromatic carbocycles. The Morgan fingerprint density at radius 3 is 2.78 bits per heavy atom. The average Bonchev–Trinajstić information content (AvgIpc) is 3.04. The minimum absolute atomic E-state index is 0.0113. The van der Waals surface area contributed by atoms with E-state index in [9.17, 15) is 18.0 Å². The Morgan fingerprint density at radius 1 is 1.41 bits per heavy atom. The Kier molecular flexibility index (Phi) is 5.20. The van der Waals surface area contributed by atoms with Crippen LogP contribution in [0, 0.1) is 0 Å². The summed E-state index contributed by atoms with van der Waals surface area (Å²) in [5.41, 5.74) is 1.20. The molecule has 0 radical (unpaired) electrons. The summed E-state index contributed by atoms with van der Waals surface area (Å²) in [6, 6.07) is 6.12. The molecule has 0 spiro atoms. The number of para-hydroxylation sites is 2. The van der Waals surface area contributed by atoms with Crippen LogP contribution in [-0.4, -0.2) is 72.9 Å². The normalized spacial score (nSPS) is 19.7. The lowest BCUT2D eigenvalue weighted by Gasteiger charge is -2.35. The number of fused-ring (bicyclic) bond motifs is 1. The topological polar surface area (TPSA) is 113 Å². The molecule has 1 aliphatic heterocycles. The molecule has 0 bridgehead atoms. The lowest BCUT2D eigenvalue weighted by Crippen LogP contribution is -2.60. The predicted molar refractivity (Wildman–Crippen MR) is 98.3 cm³/mol. The van der Waals surface area contributed by atoms with Crippen molar-refractivity contribution < 1.29 is 22.4 Å². The van der Waals surface area contributed by atoms with Gasteiger partial charge in [-0.1, -0.05) is 12.1 Å². The molecule has 1 fully saturated rings. The van der Waals surface area contributed by atoms with E-state index < -0.39 is 33.1 Å². The fourth-order valence-corrected chi connectivity index (χ4v) is 4.80. The number of hydrogen-bond acceptors (Lipinski definition) is 6. The molecular weight excluding hydrogens is 372 g/mol. The molecule has 9 nitrogen and oxygen atoms in total. The van der Waals surface area contributed by atoms with Crippen LogP contribution in [0.2, 0.25) is 0 Å². The van der Waals surface area contributed by atoms with Crippen molar-refractivity contribution in [1.29, 1.82) is 0 Å². The van der Waals surface area contributed by atoms with E-state index in [-0.39, 0.29) is 25.4 Å². The highest BCUT2D eigenvalue weighted by atomic mass is 32.2. The molecule has 2 atom stereocenters. The molecule has 3 rings (SSSR count). The summed E-state index contributed by atoms with van der Waals surface area (Å²) in [5, 5.41) is 1.38. The number of hydrogen-bond donors (Lipinski definition) is 1. The summed E-state index contributed by atoms with van der Waals surface area (Å²) in [6.45, 7) is 1.61. The van der Waals surface area contributed by atoms with E-state index >= 15 is 0 Å². The Balaban J connectivity index is 1.91. The number of aromatic nitrogens is 1. The van der Waals surface area contributed by atoms with Crippen LogP contribution < -0.4 is 5.32 Å². The van der Waals surface area contributed by atoms with Crippen LogP contribution in [0.5, 0.6) is 0 Å². The van der Waals surface area contributed by atoms with Gasteiger partial charge in [-0.15, -0.1) is 0 Å². The van der Waals surface area contributed by atoms with Crippen LogP contribution in [0.4, 0.5) is 0 Å². The van der Waals surface area contributed by atoms with E-state index in [4.69, 9.17) is 4.42 Å². The quantitative estimate of drug-likeness (QED) is 0.762. The summed E-state index contributed by atoms with van der Waals surface area (Å²) in [5.74, 6) is -0.705. The maximum absolute atomic E-state index is 13.0. The molecule has 2 aromatic rings. The molecule has 2 heterocycles. The number of sulfonamides is 1. The van der Waals surface area contributed by atoms with Crippen molar-refractivity contribution in [3.63, 3.8) is 0 Å². The van der Waals surface area contributed by atoms with Gasteiger partial charge < -0.3 is 14.6 Å². The van der Waals surface area contributed by atoms with Crippen LogP contribution in [0.25, 0.3) is 11.1 Å². The van der Waals surface area contributed by atoms with Gasteiger partial charge in [-0.25, -0.2) is 13.4 Å². The molecule has 1 saturated heterocycles. The standard InChI is InChI=1S/C17H22N4O5S/c1-11(17(23)20(2)3)27(24,25)21-9-8-18-16(22)13(21)10-15-19-12-6-4-5-7-14(12)26-15/h4-7,11,13H,8-10H2,1-3H3,(H,18,22)/t11-,13+/m0/s1. The molecule has 0 saturated carbocycles. The molecular formula is C17H22N4O5S. The third-order valence-corrected chi connectivity index (χ3v) is 6.74. The van der Waals surface area contributed by atoms with Gasteiger partial charge in [0.15, 0.2) is 16.7 Å². The van der Waals surface area contributed by atoms with Crippen molar-refractivity contribution >= 4 is 32.9 Å². The number of rotatable bonds is 5. The molecule has 146 valence electrons. The number of carbonyl (C=O) groups excluding carboxylic acids is 2. The summed E-state index contributed by atoms with van der Waals surface area (Å²) < 4.78 is 32.7. The average molecular weight is 394 g/mol. The lowest BCUT2D eigenvalue weighted by molar-refractivity contribution is -0.129. The van der Waals surface area contributed by atoms with Gasteiger partial charge in [0.1, 0.15) is 11.6 Å². The van der Waals surface area contributed by atoms with E-state index in [0.29, 0.717) is 11.1 Å². The number of oxazole rings is 1. The monoisotopic (exact) mass is 394 g/mol. The van der Waals surface area contributed by atoms with E-state index in [0.717, 1.165) is 4.31 Å². The lowest BCUT2D eigenvalue weighted by atomic mass is 10.1. The number of nitrogens with one attached hydrogen (secondary N) is 1. The number of nitrogens with zero attached hydrogens (tertiary/aromatic N) is 3. The van der Waals surface area contributed by atoms with Gasteiger partial charge in [-0.2, -0.15) is 4.31 Å². The van der Waals surface area contributed by atoms with E-state index in [1.807, 2.05) is 6.07 Å². The first-order valence-corrected chi connectivity index (χ1v) is 10.1. The van der Waals surface area contributed by atoms with Crippen molar-refractivity contribution in [2.24, 2.45) is 0 Å². The smallest absolute Gasteiger partial charge is 0.241 e. The Bertz CT molecular complexity index is 936. The zero-order valence-electron chi connectivity index (χ0n) is 15.4. The van der Waals surface area contributed by atoms with Crippen molar-refractivity contribution in [3.05, 3.63) is 30.2 Å². The van der Waals surface area contributed by atoms with Crippen LogP contribution in [0.15, 0.2) is 28.7 Å². The number of carbonyl (C=O) groups is 2. The minimum atomic E-state index is -4.03. The first kappa shape index (κ1) is 19.3. The Labute approximate surface area is 157 Å². The van der Waals surface area contributed by atoms with Gasteiger partial charge in [-0.3, -0.25) is 9.59 Å². The van der Waals surface area contributed by atoms with Crippen LogP contribution in [-0.2, 0) is 26.0 Å². The second kappa shape index (κ2) is 7.28. The summed E-state index contributed by atoms with van der Waals surface area (Å²) in [4.78, 5) is 30.1. The number of piperazine rings is 1. The van der Waals surface area contributed by atoms with E-state index in [1.54, 1.807) is 18.2 Å². The van der Waals surface area contributed by atoms with Gasteiger partial charge in [0.25, 0.3) is 0 Å². The fourth-order valence-electron chi connectivity index (χ4n) is 3.06. The Hall–Kier alpha value is -2.46. The van der Waals surface area contributed by atoms with E-state index in [1.165, 1.54) is 25.9 Å². The molecule has 1 N–H and O–H groups in total. The van der Waals surface area contributed by atoms with Gasteiger partial charge in [0.05, 0.1) is 0 Å². The van der Waals surface area contributed by atoms with Crippen molar-refractivity contribution in [2.45, 2.75) is 24.6 Å². The molecule has 2 amide bonds. The zero-order chi connectivity index (χ0) is 19.8. The third-order valence-electron chi connectivity index (χ3n) is 4.55. The second-order valence-corrected chi connectivity index (χ2v) is 8.82. The maximum atomic E-state index is 13.0. The Morgan fingerprint density at radius 2 is 2.11 bits per heavy atom. The van der Waals surface area contributed by atoms with Gasteiger partial charge in [0.2, 0.25) is 21.8 Å². The SMILES string of the molecule is C[C@@H](C(=O)N(C)C)S(=O)(=O)N1CCNC(=O)[C@H]1Cc1nc2ccccc2o1. The highest BCUT2D eigenvalue weighted by Gasteiger charge is 2.43. The molecule has 0 unspecified atom stereocenters. The predicted octanol–water partition coefficient (Wildman–Crippen LogP) is -0.0228. The molecule has 27 heavy (non-hydrogen) atoms. The fraction of sp³-hybridized carbons (Fsp3) is 0.471. The van der Waals surface area contributed by atoms with Gasteiger partial charge in [0, 0.05) is 33.6 Å². The summed E-state index contributed by atoms with van der Waals surface area (Å²) in [7, 11) is -1.04. The van der Waals surface area contributed by atoms with Crippen molar-refractivity contribution in [1.82, 2.24) is 19.5 Å². The second-order valence-electron chi connectivity index (χ2n) is 6.62. The third kappa shape index (κ3) is 3.67. The van der Waals surface area contributed by atoms with Crippen molar-refractivity contribution in [2.75, 3.05) is 27.2 Å². The number of benzene rings is 1. The molecule has 10 heteroatoms. The highest BCUT2D eigenvalue weighted by Crippen LogP contribution is 2.22. The summed E-state index contributed by atoms with van der Waals surface area (Å²) >= 11 is 0. The highest BCUT2D eigenvalue weighted by molar-refractivity contribution is 7.90. The maximum Gasteiger partial charge on any atom is 0.241 e. The van der Waals surface area contributed by atoms with Crippen LogP contribution >= 0.6 is 0 Å². The molecule has 1 aliphatic rings. The molecule has 1 aromatic heterocycles. The first-order valence-electron chi connectivity index (χ1n) is 8.56. The van der Waals surface area contributed by atoms with E-state index in [2.05, 4.69) is 10.3 Å². The van der Waals surface area contributed by atoms with Crippen LogP contribution in [0.1, 0.15) is 12.8 Å². The minimum Gasteiger partial charge on any atom is -0.441 e. The first-order chi connectivity index (χ1) is 12.7. The largest absolute Gasteiger partial charge is 0.441 e. The summed E-state index contributed by atoms with van der Waals surface area (Å²) in [6.07, 6.45) is -0.0113. The zero-order valence-corrected chi connectivity index (χ0v) is 16.2. The molecule has 0 aliphatic carbocycles. The number of amides is 2. The van der Waals surface area contributed by atoms with Crippen LogP contribution in [0.3, 0.4) is 0 Å². The van der Waals surface area contributed by atoms with Crippen molar-refractivity contribution in [3.8, 4) is 0 Å².